The van der Waals surface area contributed by atoms with Gasteiger partial charge in [0.15, 0.2) is 0 Å². The molecule has 0 unspecified atom stereocenters. The van der Waals surface area contributed by atoms with Gasteiger partial charge in [0.05, 0.1) is 6.42 Å². The number of hydrogen-bond acceptors (Lipinski definition) is 5. The Morgan fingerprint density at radius 3 is 2.17 bits per heavy atom. The molecule has 0 aliphatic carbocycles. The first kappa shape index (κ1) is 15.2. The summed E-state index contributed by atoms with van der Waals surface area (Å²) in [6.45, 7) is 0.353. The van der Waals surface area contributed by atoms with E-state index >= 15 is 0 Å². The third-order valence-corrected chi connectivity index (χ3v) is 3.31. The number of oxime groups is 1. The minimum atomic E-state index is 0.262. The predicted octanol–water partition coefficient (Wildman–Crippen LogP) is 3.74. The maximum atomic E-state index is 5.46. The second kappa shape index (κ2) is 7.51. The molecule has 23 heavy (non-hydrogen) atoms. The molecule has 5 nitrogen and oxygen atoms in total. The lowest BCUT2D eigenvalue weighted by Gasteiger charge is -2.07. The Morgan fingerprint density at radius 2 is 1.65 bits per heavy atom. The van der Waals surface area contributed by atoms with Gasteiger partial charge < -0.3 is 9.25 Å². The van der Waals surface area contributed by atoms with Crippen molar-refractivity contribution in [2.75, 3.05) is 6.61 Å². The van der Waals surface area contributed by atoms with Gasteiger partial charge in [-0.3, -0.25) is 0 Å². The normalized spacial score (nSPS) is 10.3. The Hall–Kier alpha value is -2.73. The van der Waals surface area contributed by atoms with Crippen LogP contribution in [0.3, 0.4) is 0 Å². The van der Waals surface area contributed by atoms with Gasteiger partial charge in [-0.2, -0.15) is 0 Å². The van der Waals surface area contributed by atoms with Gasteiger partial charge in [0.1, 0.15) is 12.3 Å². The summed E-state index contributed by atoms with van der Waals surface area (Å²) < 4.78 is 5.18. The molecule has 0 saturated heterocycles. The van der Waals surface area contributed by atoms with Crippen LogP contribution in [0.2, 0.25) is 0 Å². The van der Waals surface area contributed by atoms with Crippen molar-refractivity contribution in [3.63, 3.8) is 0 Å². The molecule has 0 aliphatic heterocycles. The van der Waals surface area contributed by atoms with Crippen LogP contribution in [0.25, 0.3) is 0 Å². The Morgan fingerprint density at radius 1 is 1.04 bits per heavy atom. The molecule has 0 fully saturated rings. The van der Waals surface area contributed by atoms with E-state index in [0.717, 1.165) is 16.8 Å². The van der Waals surface area contributed by atoms with E-state index in [4.69, 9.17) is 21.5 Å². The minimum absolute atomic E-state index is 0.262. The molecule has 3 rings (SSSR count). The van der Waals surface area contributed by atoms with Gasteiger partial charge in [-0.15, -0.1) is 5.10 Å². The first-order valence-corrected chi connectivity index (χ1v) is 7.59. The molecule has 0 radical (unpaired) electrons. The molecular weight excluding hydrogens is 310 g/mol. The maximum absolute atomic E-state index is 5.46. The van der Waals surface area contributed by atoms with Crippen LogP contribution in [0.15, 0.2) is 70.2 Å². The van der Waals surface area contributed by atoms with Crippen LogP contribution in [0.4, 0.5) is 0 Å². The van der Waals surface area contributed by atoms with Crippen molar-refractivity contribution in [2.24, 2.45) is 5.16 Å². The third-order valence-electron chi connectivity index (χ3n) is 3.14. The SMILES string of the molecule is S=c1[nH]nc(CCON=C(c2ccccc2)c2ccccc2)o1. The van der Waals surface area contributed by atoms with Gasteiger partial charge in [-0.05, 0) is 12.2 Å². The quantitative estimate of drug-likeness (QED) is 0.324. The maximum Gasteiger partial charge on any atom is 0.284 e. The monoisotopic (exact) mass is 325 g/mol. The Bertz CT molecular complexity index is 784. The van der Waals surface area contributed by atoms with Crippen molar-refractivity contribution in [3.8, 4) is 0 Å². The van der Waals surface area contributed by atoms with Crippen LogP contribution in [-0.4, -0.2) is 22.5 Å². The second-order valence-corrected chi connectivity index (χ2v) is 5.13. The van der Waals surface area contributed by atoms with Gasteiger partial charge in [-0.25, -0.2) is 5.10 Å². The predicted molar refractivity (Wildman–Crippen MR) is 89.9 cm³/mol. The van der Waals surface area contributed by atoms with Gasteiger partial charge in [0.25, 0.3) is 4.84 Å². The highest BCUT2D eigenvalue weighted by Gasteiger charge is 2.07. The van der Waals surface area contributed by atoms with Crippen LogP contribution in [0, 0.1) is 4.84 Å². The van der Waals surface area contributed by atoms with E-state index in [9.17, 15) is 0 Å². The van der Waals surface area contributed by atoms with Crippen molar-refractivity contribution >= 4 is 17.9 Å². The molecule has 116 valence electrons. The van der Waals surface area contributed by atoms with E-state index in [1.54, 1.807) is 0 Å². The zero-order chi connectivity index (χ0) is 15.9. The summed E-state index contributed by atoms with van der Waals surface area (Å²) in [5, 5.41) is 10.8. The van der Waals surface area contributed by atoms with Crippen LogP contribution in [0.1, 0.15) is 17.0 Å². The lowest BCUT2D eigenvalue weighted by molar-refractivity contribution is 0.143. The minimum Gasteiger partial charge on any atom is -0.414 e. The highest BCUT2D eigenvalue weighted by atomic mass is 32.1. The molecule has 0 amide bonds. The molecule has 1 heterocycles. The number of hydrogen-bond donors (Lipinski definition) is 1. The second-order valence-electron chi connectivity index (χ2n) is 4.76. The fraction of sp³-hybridized carbons (Fsp3) is 0.118. The molecule has 3 aromatic rings. The number of H-pyrrole nitrogens is 1. The van der Waals surface area contributed by atoms with E-state index in [-0.39, 0.29) is 4.84 Å². The van der Waals surface area contributed by atoms with Crippen LogP contribution in [-0.2, 0) is 11.3 Å². The number of aromatic amines is 1. The number of aromatic nitrogens is 2. The first-order valence-electron chi connectivity index (χ1n) is 7.18. The van der Waals surface area contributed by atoms with Crippen LogP contribution < -0.4 is 0 Å². The summed E-state index contributed by atoms with van der Waals surface area (Å²) in [7, 11) is 0. The molecule has 1 aromatic heterocycles. The van der Waals surface area contributed by atoms with Crippen LogP contribution in [0.5, 0.6) is 0 Å². The molecule has 0 atom stereocenters. The van der Waals surface area contributed by atoms with Crippen molar-refractivity contribution < 1.29 is 9.25 Å². The van der Waals surface area contributed by atoms with Crippen molar-refractivity contribution in [1.29, 1.82) is 0 Å². The van der Waals surface area contributed by atoms with Gasteiger partial charge in [0.2, 0.25) is 5.89 Å². The number of rotatable bonds is 6. The lowest BCUT2D eigenvalue weighted by Crippen LogP contribution is -2.05. The highest BCUT2D eigenvalue weighted by molar-refractivity contribution is 7.71. The molecular formula is C17H15N3O2S. The van der Waals surface area contributed by atoms with Crippen LogP contribution >= 0.6 is 12.2 Å². The van der Waals surface area contributed by atoms with Crippen molar-refractivity contribution in [3.05, 3.63) is 82.5 Å². The molecule has 0 saturated carbocycles. The molecule has 1 N–H and O–H groups in total. The van der Waals surface area contributed by atoms with E-state index in [1.807, 2.05) is 60.7 Å². The number of benzene rings is 2. The fourth-order valence-electron chi connectivity index (χ4n) is 2.07. The number of nitrogens with zero attached hydrogens (tertiary/aromatic N) is 2. The highest BCUT2D eigenvalue weighted by Crippen LogP contribution is 2.11. The Kier molecular flexibility index (Phi) is 4.95. The summed E-state index contributed by atoms with van der Waals surface area (Å²) in [6.07, 6.45) is 0.494. The summed E-state index contributed by atoms with van der Waals surface area (Å²) in [6, 6.07) is 19.8. The Balaban J connectivity index is 1.74. The summed E-state index contributed by atoms with van der Waals surface area (Å²) in [5.74, 6) is 0.506. The average molecular weight is 325 g/mol. The number of nitrogens with one attached hydrogen (secondary N) is 1. The molecule has 6 heteroatoms. The van der Waals surface area contributed by atoms with Crippen molar-refractivity contribution in [1.82, 2.24) is 10.2 Å². The molecule has 0 bridgehead atoms. The van der Waals surface area contributed by atoms with E-state index in [2.05, 4.69) is 15.4 Å². The zero-order valence-corrected chi connectivity index (χ0v) is 13.1. The van der Waals surface area contributed by atoms with Crippen molar-refractivity contribution in [2.45, 2.75) is 6.42 Å². The summed E-state index contributed by atoms with van der Waals surface area (Å²) in [5.41, 5.74) is 2.78. The lowest BCUT2D eigenvalue weighted by atomic mass is 10.0. The largest absolute Gasteiger partial charge is 0.414 e. The topological polar surface area (TPSA) is 63.4 Å². The smallest absolute Gasteiger partial charge is 0.284 e. The fourth-order valence-corrected chi connectivity index (χ4v) is 2.22. The van der Waals surface area contributed by atoms with Gasteiger partial charge in [0, 0.05) is 11.1 Å². The van der Waals surface area contributed by atoms with Gasteiger partial charge >= 0.3 is 0 Å². The molecule has 0 spiro atoms. The van der Waals surface area contributed by atoms with E-state index in [0.29, 0.717) is 18.9 Å². The Labute approximate surface area is 138 Å². The van der Waals surface area contributed by atoms with Gasteiger partial charge in [-0.1, -0.05) is 65.8 Å². The molecule has 2 aromatic carbocycles. The zero-order valence-electron chi connectivity index (χ0n) is 12.3. The standard InChI is InChI=1S/C17H15N3O2S/c23-17-19-18-15(22-17)11-12-21-20-16(13-7-3-1-4-8-13)14-9-5-2-6-10-14/h1-10H,11-12H2,(H,19,23). The summed E-state index contributed by atoms with van der Waals surface area (Å²) >= 11 is 4.83. The summed E-state index contributed by atoms with van der Waals surface area (Å²) in [4.78, 5) is 5.72. The first-order chi connectivity index (χ1) is 11.3. The van der Waals surface area contributed by atoms with E-state index < -0.39 is 0 Å². The third kappa shape index (κ3) is 4.14. The average Bonchev–Trinajstić information content (AvgIpc) is 3.02. The van der Waals surface area contributed by atoms with E-state index in [1.165, 1.54) is 0 Å². The molecule has 0 aliphatic rings.